The first-order chi connectivity index (χ1) is 28.1. The van der Waals surface area contributed by atoms with E-state index in [2.05, 4.69) is 35.3 Å². The van der Waals surface area contributed by atoms with Crippen LogP contribution in [0, 0.1) is 0 Å². The van der Waals surface area contributed by atoms with E-state index in [-0.39, 0.29) is 29.7 Å². The third-order valence-electron chi connectivity index (χ3n) is 10.9. The number of methoxy groups -OCH3 is 3. The molecule has 6 rings (SSSR count). The summed E-state index contributed by atoms with van der Waals surface area (Å²) in [5.74, 6) is -0.385. The van der Waals surface area contributed by atoms with Gasteiger partial charge in [-0.3, -0.25) is 9.59 Å². The molecule has 2 fully saturated rings. The molecule has 0 aliphatic carbocycles. The van der Waals surface area contributed by atoms with Crippen LogP contribution in [0.1, 0.15) is 69.0 Å². The van der Waals surface area contributed by atoms with E-state index in [1.54, 1.807) is 49.2 Å². The third-order valence-corrected chi connectivity index (χ3v) is 10.9. The van der Waals surface area contributed by atoms with Gasteiger partial charge in [0.05, 0.1) is 49.0 Å². The average Bonchev–Trinajstić information content (AvgIpc) is 4.07. The minimum Gasteiger partial charge on any atom is -0.465 e. The maximum Gasteiger partial charge on any atom is 0.435 e. The second-order valence-electron chi connectivity index (χ2n) is 14.5. The standard InChI is InChI=1S/C40H47F3N8O8/c1-21(57-3)30(47-38(54)55)36(52)50-18-6-8-28(50)34-44-20-27(45-34)25-14-10-23(11-15-25)24-12-16-26(17-13-24)32-33(40(41,42)43)49-35(46-32)29-9-7-19-51(29)37(53)31(22(2)58-4)48-39(56)59-5/h10-17,20-22,28-31,47H,6-9,18-19H2,1-5H3,(H,44,45)(H,46,49)(H,48,56)(H,54,55)/t21-,22-,28+,29+,30+,31+/m1/s1. The monoisotopic (exact) mass is 824 g/mol. The number of carboxylic acid groups (broad SMARTS) is 1. The molecule has 0 unspecified atom stereocenters. The summed E-state index contributed by atoms with van der Waals surface area (Å²) < 4.78 is 58.6. The molecule has 4 aromatic rings. The number of aromatic nitrogens is 4. The Balaban J connectivity index is 1.18. The molecular weight excluding hydrogens is 777 g/mol. The number of hydrogen-bond donors (Lipinski definition) is 5. The number of nitrogens with zero attached hydrogens (tertiary/aromatic N) is 4. The van der Waals surface area contributed by atoms with E-state index in [1.165, 1.54) is 19.1 Å². The highest BCUT2D eigenvalue weighted by atomic mass is 19.4. The van der Waals surface area contributed by atoms with E-state index in [4.69, 9.17) is 9.47 Å². The number of rotatable bonds is 13. The van der Waals surface area contributed by atoms with Crippen molar-refractivity contribution in [3.63, 3.8) is 0 Å². The molecule has 0 saturated carbocycles. The first kappa shape index (κ1) is 42.7. The number of alkyl carbamates (subject to hydrolysis) is 1. The Labute approximate surface area is 337 Å². The molecule has 4 amide bonds. The Hall–Kier alpha value is -5.95. The number of carbonyl (C=O) groups is 4. The van der Waals surface area contributed by atoms with E-state index in [0.29, 0.717) is 43.7 Å². The molecular formula is C40H47F3N8O8. The van der Waals surface area contributed by atoms with Crippen LogP contribution in [0.5, 0.6) is 0 Å². The van der Waals surface area contributed by atoms with Crippen molar-refractivity contribution in [3.8, 4) is 33.6 Å². The van der Waals surface area contributed by atoms with E-state index in [0.717, 1.165) is 23.8 Å². The number of likely N-dealkylation sites (tertiary alicyclic amines) is 2. The maximum atomic E-state index is 14.4. The summed E-state index contributed by atoms with van der Waals surface area (Å²) in [5, 5.41) is 14.0. The predicted octanol–water partition coefficient (Wildman–Crippen LogP) is 5.91. The number of halogens is 3. The van der Waals surface area contributed by atoms with Crippen molar-refractivity contribution in [1.82, 2.24) is 40.4 Å². The number of ether oxygens (including phenoxy) is 3. The molecule has 0 bridgehead atoms. The van der Waals surface area contributed by atoms with Gasteiger partial charge in [0.15, 0.2) is 5.69 Å². The summed E-state index contributed by atoms with van der Waals surface area (Å²) >= 11 is 0. The lowest BCUT2D eigenvalue weighted by molar-refractivity contribution is -0.140. The second-order valence-corrected chi connectivity index (χ2v) is 14.5. The number of benzene rings is 2. The molecule has 2 saturated heterocycles. The topological polar surface area (TPSA) is 204 Å². The number of aromatic amines is 2. The Bertz CT molecular complexity index is 2120. The van der Waals surface area contributed by atoms with Crippen molar-refractivity contribution >= 4 is 24.0 Å². The van der Waals surface area contributed by atoms with Gasteiger partial charge < -0.3 is 49.7 Å². The summed E-state index contributed by atoms with van der Waals surface area (Å²) in [6.45, 7) is 3.89. The van der Waals surface area contributed by atoms with Crippen LogP contribution in [0.3, 0.4) is 0 Å². The number of amides is 4. The van der Waals surface area contributed by atoms with Crippen LogP contribution in [-0.4, -0.2) is 118 Å². The van der Waals surface area contributed by atoms with Crippen LogP contribution in [0.25, 0.3) is 33.6 Å². The fourth-order valence-electron chi connectivity index (χ4n) is 7.63. The molecule has 5 N–H and O–H groups in total. The van der Waals surface area contributed by atoms with Crippen molar-refractivity contribution in [2.24, 2.45) is 0 Å². The van der Waals surface area contributed by atoms with Crippen molar-refractivity contribution in [3.05, 3.63) is 72.1 Å². The van der Waals surface area contributed by atoms with Gasteiger partial charge in [-0.05, 0) is 56.2 Å². The SMILES string of the molecule is COC(=O)N[C@H](C(=O)N1CCC[C@H]1c1nc(C(F)(F)F)c(-c2ccc(-c3ccc(-c4cnc([C@@H]5CCCN5C(=O)[C@@H](NC(=O)O)[C@@H](C)OC)[nH]4)cc3)cc2)[nH]1)[C@@H](C)OC. The lowest BCUT2D eigenvalue weighted by Gasteiger charge is -2.30. The van der Waals surface area contributed by atoms with Gasteiger partial charge in [0, 0.05) is 32.9 Å². The van der Waals surface area contributed by atoms with Gasteiger partial charge in [-0.25, -0.2) is 19.6 Å². The number of H-pyrrole nitrogens is 2. The quantitative estimate of drug-likeness (QED) is 0.108. The first-order valence-corrected chi connectivity index (χ1v) is 19.1. The van der Waals surface area contributed by atoms with Gasteiger partial charge in [0.1, 0.15) is 23.7 Å². The summed E-state index contributed by atoms with van der Waals surface area (Å²) in [5.41, 5.74) is 1.97. The zero-order chi connectivity index (χ0) is 42.6. The Morgan fingerprint density at radius 3 is 1.75 bits per heavy atom. The van der Waals surface area contributed by atoms with Crippen molar-refractivity contribution in [2.45, 2.75) is 82.1 Å². The maximum absolute atomic E-state index is 14.4. The Morgan fingerprint density at radius 2 is 1.25 bits per heavy atom. The van der Waals surface area contributed by atoms with Gasteiger partial charge in [-0.15, -0.1) is 0 Å². The van der Waals surface area contributed by atoms with Crippen LogP contribution in [0.2, 0.25) is 0 Å². The summed E-state index contributed by atoms with van der Waals surface area (Å²) in [6, 6.07) is 10.7. The largest absolute Gasteiger partial charge is 0.465 e. The van der Waals surface area contributed by atoms with Crippen LogP contribution in [0.4, 0.5) is 22.8 Å². The molecule has 19 heteroatoms. The number of hydrogen-bond acceptors (Lipinski definition) is 9. The molecule has 0 radical (unpaired) electrons. The van der Waals surface area contributed by atoms with Crippen LogP contribution >= 0.6 is 0 Å². The van der Waals surface area contributed by atoms with E-state index in [1.807, 2.05) is 24.3 Å². The molecule has 2 aromatic carbocycles. The van der Waals surface area contributed by atoms with Crippen molar-refractivity contribution in [2.75, 3.05) is 34.4 Å². The van der Waals surface area contributed by atoms with Gasteiger partial charge in [0.25, 0.3) is 0 Å². The highest BCUT2D eigenvalue weighted by molar-refractivity contribution is 5.87. The fraction of sp³-hybridized carbons (Fsp3) is 0.450. The molecule has 4 heterocycles. The molecule has 2 aliphatic rings. The highest BCUT2D eigenvalue weighted by Gasteiger charge is 2.43. The van der Waals surface area contributed by atoms with E-state index >= 15 is 0 Å². The van der Waals surface area contributed by atoms with Crippen molar-refractivity contribution in [1.29, 1.82) is 0 Å². The predicted molar refractivity (Wildman–Crippen MR) is 207 cm³/mol. The van der Waals surface area contributed by atoms with Gasteiger partial charge in [-0.2, -0.15) is 13.2 Å². The van der Waals surface area contributed by atoms with Gasteiger partial charge in [0.2, 0.25) is 11.8 Å². The normalized spacial score (nSPS) is 18.9. The first-order valence-electron chi connectivity index (χ1n) is 19.1. The number of nitrogens with one attached hydrogen (secondary N) is 4. The molecule has 6 atom stereocenters. The molecule has 2 aromatic heterocycles. The lowest BCUT2D eigenvalue weighted by Crippen LogP contribution is -2.54. The second kappa shape index (κ2) is 17.9. The molecule has 2 aliphatic heterocycles. The average molecular weight is 825 g/mol. The molecule has 16 nitrogen and oxygen atoms in total. The fourth-order valence-corrected chi connectivity index (χ4v) is 7.63. The minimum absolute atomic E-state index is 0.0194. The smallest absolute Gasteiger partial charge is 0.435 e. The zero-order valence-electron chi connectivity index (χ0n) is 33.1. The lowest BCUT2D eigenvalue weighted by atomic mass is 10.0. The number of imidazole rings is 2. The van der Waals surface area contributed by atoms with Crippen LogP contribution < -0.4 is 10.6 Å². The third kappa shape index (κ3) is 9.20. The Kier molecular flexibility index (Phi) is 12.9. The van der Waals surface area contributed by atoms with Crippen molar-refractivity contribution < 1.29 is 51.7 Å². The highest BCUT2D eigenvalue weighted by Crippen LogP contribution is 2.40. The van der Waals surface area contributed by atoms with E-state index < -0.39 is 66.2 Å². The van der Waals surface area contributed by atoms with Crippen LogP contribution in [-0.2, 0) is 30.0 Å². The van der Waals surface area contributed by atoms with Gasteiger partial charge >= 0.3 is 18.4 Å². The summed E-state index contributed by atoms with van der Waals surface area (Å²) in [6.07, 6.45) is -4.52. The zero-order valence-corrected chi connectivity index (χ0v) is 33.1. The molecule has 59 heavy (non-hydrogen) atoms. The minimum atomic E-state index is -4.80. The van der Waals surface area contributed by atoms with Gasteiger partial charge in [-0.1, -0.05) is 48.5 Å². The number of alkyl halides is 3. The molecule has 0 spiro atoms. The Morgan fingerprint density at radius 1 is 0.763 bits per heavy atom. The summed E-state index contributed by atoms with van der Waals surface area (Å²) in [4.78, 5) is 68.3. The number of carbonyl (C=O) groups excluding carboxylic acids is 3. The molecule has 316 valence electrons. The van der Waals surface area contributed by atoms with Crippen LogP contribution in [0.15, 0.2) is 54.7 Å². The summed E-state index contributed by atoms with van der Waals surface area (Å²) in [7, 11) is 3.94. The van der Waals surface area contributed by atoms with E-state index in [9.17, 15) is 37.5 Å².